The molecule has 0 bridgehead atoms. The Balaban J connectivity index is 2.67. The molecule has 0 radical (unpaired) electrons. The van der Waals surface area contributed by atoms with Gasteiger partial charge in [-0.25, -0.2) is 0 Å². The Labute approximate surface area is 81.8 Å². The van der Waals surface area contributed by atoms with Gasteiger partial charge in [0.25, 0.3) is 0 Å². The molecule has 0 N–H and O–H groups in total. The fraction of sp³-hybridized carbons (Fsp3) is 0.0833. The standard InChI is InChI=1S/C12H10N2/c1-9-4-2-6-11-12(9)14-7-3-5-10(14)8-13-11/h2-8H,1H3. The number of fused-ring (bicyclic) bond motifs is 3. The van der Waals surface area contributed by atoms with Gasteiger partial charge in [-0.1, -0.05) is 12.1 Å². The second kappa shape index (κ2) is 2.58. The molecule has 68 valence electrons. The number of hydrogen-bond donors (Lipinski definition) is 0. The molecule has 0 atom stereocenters. The van der Waals surface area contributed by atoms with E-state index in [0.717, 1.165) is 11.0 Å². The first kappa shape index (κ1) is 7.56. The summed E-state index contributed by atoms with van der Waals surface area (Å²) >= 11 is 0. The van der Waals surface area contributed by atoms with Crippen molar-refractivity contribution in [2.45, 2.75) is 6.92 Å². The lowest BCUT2D eigenvalue weighted by atomic mass is 10.2. The molecule has 1 aromatic carbocycles. The van der Waals surface area contributed by atoms with E-state index < -0.39 is 0 Å². The van der Waals surface area contributed by atoms with E-state index in [4.69, 9.17) is 0 Å². The molecule has 2 heterocycles. The van der Waals surface area contributed by atoms with E-state index in [2.05, 4.69) is 34.6 Å². The molecule has 0 fully saturated rings. The highest BCUT2D eigenvalue weighted by Gasteiger charge is 2.01. The van der Waals surface area contributed by atoms with Crippen molar-refractivity contribution < 1.29 is 0 Å². The lowest BCUT2D eigenvalue weighted by Gasteiger charge is -2.04. The van der Waals surface area contributed by atoms with Crippen LogP contribution in [0.4, 0.5) is 0 Å². The van der Waals surface area contributed by atoms with Crippen LogP contribution < -0.4 is 0 Å². The highest BCUT2D eigenvalue weighted by atomic mass is 14.9. The van der Waals surface area contributed by atoms with E-state index in [0.29, 0.717) is 0 Å². The molecular formula is C12H10N2. The third-order valence-electron chi connectivity index (χ3n) is 2.57. The van der Waals surface area contributed by atoms with Gasteiger partial charge in [0, 0.05) is 6.20 Å². The van der Waals surface area contributed by atoms with Crippen molar-refractivity contribution in [1.82, 2.24) is 9.38 Å². The highest BCUT2D eigenvalue weighted by molar-refractivity contribution is 5.81. The van der Waals surface area contributed by atoms with Gasteiger partial charge in [0.1, 0.15) is 0 Å². The van der Waals surface area contributed by atoms with E-state index in [1.165, 1.54) is 11.1 Å². The molecular weight excluding hydrogens is 172 g/mol. The monoisotopic (exact) mass is 182 g/mol. The number of para-hydroxylation sites is 1. The molecule has 0 aliphatic carbocycles. The molecule has 0 saturated carbocycles. The minimum absolute atomic E-state index is 1.05. The van der Waals surface area contributed by atoms with Crippen LogP contribution in [-0.4, -0.2) is 9.38 Å². The van der Waals surface area contributed by atoms with Crippen molar-refractivity contribution in [2.75, 3.05) is 0 Å². The molecule has 0 aliphatic heterocycles. The Morgan fingerprint density at radius 2 is 2.07 bits per heavy atom. The number of hydrogen-bond acceptors (Lipinski definition) is 1. The van der Waals surface area contributed by atoms with Crippen molar-refractivity contribution in [3.05, 3.63) is 48.3 Å². The number of aryl methyl sites for hydroxylation is 1. The second-order valence-corrected chi connectivity index (χ2v) is 3.50. The zero-order valence-corrected chi connectivity index (χ0v) is 7.94. The zero-order chi connectivity index (χ0) is 9.54. The molecule has 3 aromatic rings. The highest BCUT2D eigenvalue weighted by Crippen LogP contribution is 2.18. The van der Waals surface area contributed by atoms with E-state index in [-0.39, 0.29) is 0 Å². The molecule has 0 spiro atoms. The largest absolute Gasteiger partial charge is 0.313 e. The van der Waals surface area contributed by atoms with Crippen molar-refractivity contribution in [3.63, 3.8) is 0 Å². The van der Waals surface area contributed by atoms with Crippen molar-refractivity contribution in [3.8, 4) is 0 Å². The molecule has 2 nitrogen and oxygen atoms in total. The minimum Gasteiger partial charge on any atom is -0.313 e. The van der Waals surface area contributed by atoms with Crippen LogP contribution in [-0.2, 0) is 0 Å². The predicted octanol–water partition coefficient (Wildman–Crippen LogP) is 2.80. The first-order chi connectivity index (χ1) is 6.86. The average Bonchev–Trinajstić information content (AvgIpc) is 2.65. The topological polar surface area (TPSA) is 17.3 Å². The summed E-state index contributed by atoms with van der Waals surface area (Å²) in [4.78, 5) is 4.42. The first-order valence-electron chi connectivity index (χ1n) is 4.68. The smallest absolute Gasteiger partial charge is 0.0873 e. The Morgan fingerprint density at radius 1 is 1.14 bits per heavy atom. The maximum absolute atomic E-state index is 4.42. The third kappa shape index (κ3) is 0.880. The van der Waals surface area contributed by atoms with Crippen molar-refractivity contribution >= 4 is 16.6 Å². The van der Waals surface area contributed by atoms with Crippen LogP contribution in [0.1, 0.15) is 5.56 Å². The fourth-order valence-electron chi connectivity index (χ4n) is 1.90. The molecule has 2 aromatic heterocycles. The average molecular weight is 182 g/mol. The Bertz CT molecular complexity index is 608. The summed E-state index contributed by atoms with van der Waals surface area (Å²) in [5, 5.41) is 0. The van der Waals surface area contributed by atoms with Crippen LogP contribution in [0.15, 0.2) is 42.7 Å². The van der Waals surface area contributed by atoms with Crippen molar-refractivity contribution in [1.29, 1.82) is 0 Å². The predicted molar refractivity (Wildman–Crippen MR) is 57.4 cm³/mol. The second-order valence-electron chi connectivity index (χ2n) is 3.50. The first-order valence-corrected chi connectivity index (χ1v) is 4.68. The van der Waals surface area contributed by atoms with Crippen LogP contribution in [0.5, 0.6) is 0 Å². The number of nitrogens with zero attached hydrogens (tertiary/aromatic N) is 2. The minimum atomic E-state index is 1.05. The molecule has 2 heteroatoms. The summed E-state index contributed by atoms with van der Waals surface area (Å²) < 4.78 is 2.18. The molecule has 3 rings (SSSR count). The van der Waals surface area contributed by atoms with Crippen LogP contribution in [0.3, 0.4) is 0 Å². The van der Waals surface area contributed by atoms with Gasteiger partial charge >= 0.3 is 0 Å². The zero-order valence-electron chi connectivity index (χ0n) is 7.94. The van der Waals surface area contributed by atoms with Crippen molar-refractivity contribution in [2.24, 2.45) is 0 Å². The number of benzene rings is 1. The summed E-state index contributed by atoms with van der Waals surface area (Å²) in [5.41, 5.74) is 4.66. The quantitative estimate of drug-likeness (QED) is 0.522. The van der Waals surface area contributed by atoms with Gasteiger partial charge in [0.05, 0.1) is 22.7 Å². The van der Waals surface area contributed by atoms with Crippen LogP contribution >= 0.6 is 0 Å². The summed E-state index contributed by atoms with van der Waals surface area (Å²) in [6.45, 7) is 2.11. The van der Waals surface area contributed by atoms with E-state index in [1.54, 1.807) is 0 Å². The molecule has 0 unspecified atom stereocenters. The summed E-state index contributed by atoms with van der Waals surface area (Å²) in [7, 11) is 0. The van der Waals surface area contributed by atoms with E-state index in [9.17, 15) is 0 Å². The van der Waals surface area contributed by atoms with Crippen LogP contribution in [0, 0.1) is 6.92 Å². The maximum atomic E-state index is 4.42. The van der Waals surface area contributed by atoms with Gasteiger partial charge in [0.15, 0.2) is 0 Å². The van der Waals surface area contributed by atoms with Gasteiger partial charge < -0.3 is 4.40 Å². The molecule has 0 saturated heterocycles. The normalized spacial score (nSPS) is 11.2. The Kier molecular flexibility index (Phi) is 1.39. The molecule has 14 heavy (non-hydrogen) atoms. The van der Waals surface area contributed by atoms with E-state index in [1.807, 2.05) is 24.4 Å². The van der Waals surface area contributed by atoms with E-state index >= 15 is 0 Å². The Hall–Kier alpha value is -1.83. The SMILES string of the molecule is Cc1cccc2ncc3cccn3c12. The molecule has 0 amide bonds. The van der Waals surface area contributed by atoms with Crippen LogP contribution in [0.25, 0.3) is 16.6 Å². The molecule has 0 aliphatic rings. The Morgan fingerprint density at radius 3 is 3.00 bits per heavy atom. The number of aromatic nitrogens is 2. The third-order valence-corrected chi connectivity index (χ3v) is 2.57. The van der Waals surface area contributed by atoms with Gasteiger partial charge in [0.2, 0.25) is 0 Å². The van der Waals surface area contributed by atoms with Crippen LogP contribution in [0.2, 0.25) is 0 Å². The summed E-state index contributed by atoms with van der Waals surface area (Å²) in [6.07, 6.45) is 3.98. The maximum Gasteiger partial charge on any atom is 0.0873 e. The van der Waals surface area contributed by atoms with Gasteiger partial charge in [-0.05, 0) is 30.7 Å². The summed E-state index contributed by atoms with van der Waals surface area (Å²) in [5.74, 6) is 0. The fourth-order valence-corrected chi connectivity index (χ4v) is 1.90. The lowest BCUT2D eigenvalue weighted by molar-refractivity contribution is 1.21. The number of rotatable bonds is 0. The lowest BCUT2D eigenvalue weighted by Crippen LogP contribution is -1.91. The van der Waals surface area contributed by atoms with Gasteiger partial charge in [-0.2, -0.15) is 0 Å². The van der Waals surface area contributed by atoms with Gasteiger partial charge in [-0.3, -0.25) is 4.98 Å². The van der Waals surface area contributed by atoms with Gasteiger partial charge in [-0.15, -0.1) is 0 Å². The summed E-state index contributed by atoms with van der Waals surface area (Å²) in [6, 6.07) is 10.3.